The Kier molecular flexibility index (Phi) is 3.62. The third-order valence-electron chi connectivity index (χ3n) is 4.47. The lowest BCUT2D eigenvalue weighted by Gasteiger charge is -2.31. The predicted octanol–water partition coefficient (Wildman–Crippen LogP) is 4.06. The molecule has 4 rings (SSSR count). The Hall–Kier alpha value is -1.81. The quantitative estimate of drug-likeness (QED) is 0.856. The van der Waals surface area contributed by atoms with Gasteiger partial charge in [-0.1, -0.05) is 55.1 Å². The van der Waals surface area contributed by atoms with Gasteiger partial charge in [-0.25, -0.2) is 0 Å². The van der Waals surface area contributed by atoms with Crippen molar-refractivity contribution in [2.75, 3.05) is 5.75 Å². The van der Waals surface area contributed by atoms with E-state index in [2.05, 4.69) is 59.3 Å². The molecule has 2 aliphatic heterocycles. The molecule has 3 atom stereocenters. The van der Waals surface area contributed by atoms with Crippen molar-refractivity contribution in [1.29, 1.82) is 0 Å². The van der Waals surface area contributed by atoms with E-state index in [0.29, 0.717) is 6.04 Å². The van der Waals surface area contributed by atoms with E-state index in [9.17, 15) is 0 Å². The summed E-state index contributed by atoms with van der Waals surface area (Å²) in [4.78, 5) is 12.1. The monoisotopic (exact) mass is 309 g/mol. The molecule has 0 radical (unpaired) electrons. The van der Waals surface area contributed by atoms with Gasteiger partial charge in [-0.2, -0.15) is 0 Å². The molecular formula is C18H19N3S. The number of fused-ring (bicyclic) bond motifs is 1. The molecule has 1 aromatic carbocycles. The maximum atomic E-state index is 5.02. The Morgan fingerprint density at radius 2 is 1.95 bits per heavy atom. The number of pyridine rings is 1. The first-order valence-electron chi connectivity index (χ1n) is 7.83. The van der Waals surface area contributed by atoms with Crippen molar-refractivity contribution < 1.29 is 0 Å². The molecule has 0 amide bonds. The van der Waals surface area contributed by atoms with Crippen molar-refractivity contribution in [1.82, 2.24) is 9.88 Å². The van der Waals surface area contributed by atoms with Gasteiger partial charge in [0.25, 0.3) is 0 Å². The van der Waals surface area contributed by atoms with E-state index < -0.39 is 0 Å². The molecule has 0 spiro atoms. The summed E-state index contributed by atoms with van der Waals surface area (Å²) in [5.74, 6) is 1.15. The van der Waals surface area contributed by atoms with E-state index in [1.807, 2.05) is 24.0 Å². The van der Waals surface area contributed by atoms with Crippen LogP contribution in [0.3, 0.4) is 0 Å². The van der Waals surface area contributed by atoms with Crippen LogP contribution in [0.1, 0.15) is 36.7 Å². The van der Waals surface area contributed by atoms with E-state index in [0.717, 1.165) is 17.9 Å². The van der Waals surface area contributed by atoms with Gasteiger partial charge >= 0.3 is 0 Å². The van der Waals surface area contributed by atoms with E-state index in [1.54, 1.807) is 0 Å². The topological polar surface area (TPSA) is 28.5 Å². The molecule has 0 saturated carbocycles. The third kappa shape index (κ3) is 2.22. The van der Waals surface area contributed by atoms with Gasteiger partial charge in [-0.05, 0) is 24.1 Å². The number of amidine groups is 1. The van der Waals surface area contributed by atoms with Crippen molar-refractivity contribution in [2.24, 2.45) is 4.99 Å². The van der Waals surface area contributed by atoms with Gasteiger partial charge < -0.3 is 4.90 Å². The fourth-order valence-electron chi connectivity index (χ4n) is 3.36. The first-order valence-corrected chi connectivity index (χ1v) is 8.82. The number of aromatic nitrogens is 1. The number of thioether (sulfide) groups is 1. The average molecular weight is 309 g/mol. The molecule has 4 heteroatoms. The van der Waals surface area contributed by atoms with Gasteiger partial charge in [0.2, 0.25) is 0 Å². The van der Waals surface area contributed by atoms with E-state index in [4.69, 9.17) is 4.99 Å². The van der Waals surface area contributed by atoms with Gasteiger partial charge in [0.05, 0.1) is 11.7 Å². The maximum absolute atomic E-state index is 5.02. The number of hydrogen-bond acceptors (Lipinski definition) is 4. The fraction of sp³-hybridized carbons (Fsp3) is 0.333. The Bertz CT molecular complexity index is 671. The van der Waals surface area contributed by atoms with Crippen molar-refractivity contribution >= 4 is 16.9 Å². The first kappa shape index (κ1) is 13.8. The second kappa shape index (κ2) is 5.76. The smallest absolute Gasteiger partial charge is 0.160 e. The van der Waals surface area contributed by atoms with Gasteiger partial charge in [-0.15, -0.1) is 0 Å². The molecule has 1 saturated heterocycles. The minimum atomic E-state index is 0.0976. The normalized spacial score (nSPS) is 26.9. The van der Waals surface area contributed by atoms with Crippen LogP contribution in [0.25, 0.3) is 0 Å². The molecule has 2 aromatic rings. The lowest BCUT2D eigenvalue weighted by atomic mass is 9.95. The van der Waals surface area contributed by atoms with Crippen molar-refractivity contribution in [2.45, 2.75) is 31.5 Å². The Morgan fingerprint density at radius 1 is 1.14 bits per heavy atom. The highest BCUT2D eigenvalue weighted by atomic mass is 32.2. The summed E-state index contributed by atoms with van der Waals surface area (Å²) < 4.78 is 0. The second-order valence-electron chi connectivity index (χ2n) is 5.75. The molecule has 3 nitrogen and oxygen atoms in total. The van der Waals surface area contributed by atoms with Crippen LogP contribution >= 0.6 is 11.8 Å². The molecule has 2 aliphatic rings. The SMILES string of the molecule is CC[C@@H]1CSC2=N[C@@H](c3ccccn3)[C@H](c3ccccc3)N21. The number of nitrogens with zero attached hydrogens (tertiary/aromatic N) is 3. The highest BCUT2D eigenvalue weighted by Gasteiger charge is 2.45. The van der Waals surface area contributed by atoms with Crippen molar-refractivity contribution in [3.05, 3.63) is 66.0 Å². The van der Waals surface area contributed by atoms with Crippen LogP contribution in [0.15, 0.2) is 59.7 Å². The summed E-state index contributed by atoms with van der Waals surface area (Å²) in [6.45, 7) is 2.27. The number of hydrogen-bond donors (Lipinski definition) is 0. The van der Waals surface area contributed by atoms with E-state index in [1.165, 1.54) is 10.7 Å². The summed E-state index contributed by atoms with van der Waals surface area (Å²) in [5.41, 5.74) is 2.39. The molecule has 0 bridgehead atoms. The van der Waals surface area contributed by atoms with Crippen LogP contribution < -0.4 is 0 Å². The van der Waals surface area contributed by atoms with Crippen LogP contribution in [0.4, 0.5) is 0 Å². The van der Waals surface area contributed by atoms with Gasteiger partial charge in [-0.3, -0.25) is 9.98 Å². The molecule has 0 N–H and O–H groups in total. The zero-order chi connectivity index (χ0) is 14.9. The summed E-state index contributed by atoms with van der Waals surface area (Å²) >= 11 is 1.89. The molecule has 0 unspecified atom stereocenters. The largest absolute Gasteiger partial charge is 0.338 e. The van der Waals surface area contributed by atoms with Crippen LogP contribution in [-0.2, 0) is 0 Å². The summed E-state index contributed by atoms with van der Waals surface area (Å²) in [6.07, 6.45) is 3.02. The van der Waals surface area contributed by atoms with Crippen LogP contribution in [0.2, 0.25) is 0 Å². The predicted molar refractivity (Wildman–Crippen MR) is 92.0 cm³/mol. The minimum Gasteiger partial charge on any atom is -0.338 e. The van der Waals surface area contributed by atoms with Crippen LogP contribution in [-0.4, -0.2) is 26.8 Å². The fourth-order valence-corrected chi connectivity index (χ4v) is 4.70. The molecular weight excluding hydrogens is 290 g/mol. The zero-order valence-corrected chi connectivity index (χ0v) is 13.4. The Labute approximate surface area is 135 Å². The van der Waals surface area contributed by atoms with E-state index in [-0.39, 0.29) is 12.1 Å². The van der Waals surface area contributed by atoms with Crippen LogP contribution in [0.5, 0.6) is 0 Å². The van der Waals surface area contributed by atoms with Gasteiger partial charge in [0, 0.05) is 18.0 Å². The summed E-state index contributed by atoms with van der Waals surface area (Å²) in [5, 5.41) is 1.19. The summed E-state index contributed by atoms with van der Waals surface area (Å²) in [7, 11) is 0. The number of benzene rings is 1. The molecule has 22 heavy (non-hydrogen) atoms. The van der Waals surface area contributed by atoms with Crippen molar-refractivity contribution in [3.8, 4) is 0 Å². The highest BCUT2D eigenvalue weighted by molar-refractivity contribution is 8.14. The number of aliphatic imine (C=N–C) groups is 1. The van der Waals surface area contributed by atoms with E-state index >= 15 is 0 Å². The minimum absolute atomic E-state index is 0.0976. The lowest BCUT2D eigenvalue weighted by Crippen LogP contribution is -2.35. The standard InChI is InChI=1S/C18H19N3S/c1-2-14-12-22-18-20-16(15-10-6-7-11-19-15)17(21(14)18)13-8-4-3-5-9-13/h3-11,14,16-17H,2,12H2,1H3/t14-,16+,17+/m1/s1. The Balaban J connectivity index is 1.79. The lowest BCUT2D eigenvalue weighted by molar-refractivity contribution is 0.255. The molecule has 1 aromatic heterocycles. The van der Waals surface area contributed by atoms with Crippen LogP contribution in [0, 0.1) is 0 Å². The molecule has 0 aliphatic carbocycles. The zero-order valence-electron chi connectivity index (χ0n) is 12.6. The molecule has 3 heterocycles. The highest BCUT2D eigenvalue weighted by Crippen LogP contribution is 2.48. The average Bonchev–Trinajstić information content (AvgIpc) is 3.15. The first-order chi connectivity index (χ1) is 10.9. The number of rotatable bonds is 3. The Morgan fingerprint density at radius 3 is 2.68 bits per heavy atom. The molecule has 1 fully saturated rings. The second-order valence-corrected chi connectivity index (χ2v) is 6.73. The van der Waals surface area contributed by atoms with Crippen molar-refractivity contribution in [3.63, 3.8) is 0 Å². The van der Waals surface area contributed by atoms with Gasteiger partial charge in [0.15, 0.2) is 5.17 Å². The third-order valence-corrected chi connectivity index (χ3v) is 5.60. The maximum Gasteiger partial charge on any atom is 0.160 e. The molecule has 112 valence electrons. The van der Waals surface area contributed by atoms with Gasteiger partial charge in [0.1, 0.15) is 6.04 Å². The summed E-state index contributed by atoms with van der Waals surface area (Å²) in [6, 6.07) is 17.8.